The summed E-state index contributed by atoms with van der Waals surface area (Å²) < 4.78 is 75.8. The zero-order chi connectivity index (χ0) is 66.5. The van der Waals surface area contributed by atoms with Crippen LogP contribution in [0, 0.1) is 0 Å². The lowest BCUT2D eigenvalue weighted by atomic mass is 9.93. The first-order valence-corrected chi connectivity index (χ1v) is 28.6. The fourth-order valence-corrected chi connectivity index (χ4v) is 11.5. The third-order valence-corrected chi connectivity index (χ3v) is 16.1. The molecule has 7 fully saturated rings. The Bertz CT molecular complexity index is 2310. The van der Waals surface area contributed by atoms with Gasteiger partial charge in [-0.3, -0.25) is 19.2 Å². The Morgan fingerprint density at radius 2 is 0.578 bits per heavy atom. The van der Waals surface area contributed by atoms with Gasteiger partial charge in [0.2, 0.25) is 23.6 Å². The van der Waals surface area contributed by atoms with Gasteiger partial charge in [-0.1, -0.05) is 0 Å². The summed E-state index contributed by atoms with van der Waals surface area (Å²) in [4.78, 5) is 49.9. The molecule has 23 N–H and O–H groups in total. The maximum Gasteiger partial charge on any atom is 0.217 e. The van der Waals surface area contributed by atoms with Gasteiger partial charge >= 0.3 is 0 Å². The van der Waals surface area contributed by atoms with Crippen LogP contribution in [-0.2, 0) is 80.8 Å². The molecule has 35 atom stereocenters. The highest BCUT2D eigenvalue weighted by atomic mass is 16.8. The van der Waals surface area contributed by atoms with E-state index in [-0.39, 0.29) is 0 Å². The SMILES string of the molecule is CC(=O)N[C@H]1[C@H](OC[C@H]2O[C@@H](O[C@H]3[C@H](O)[C@@H](NC(C)=O)C(O)O[C@@H]3CO)[C@H](O)[C@@H](O[C@@H]3O[C@H](CO)[C@@H](O[C@@H]4O[C@H](CO)[C@H](O)[C@H](O[C@@H]5O[C@H](CO)[C@@H](O)[C@H](O)[C@H]5NC(C)=O)[C@H]4O)[C@H](O)[C@H]3NC(C)=O)[C@H]2O)O[C@H](CO)[C@@H](O[C@@H]2O[C@H](CO)[C@H](O)[C@H](O)[C@H]2O)[C@@H]1O. The van der Waals surface area contributed by atoms with Crippen LogP contribution in [0.5, 0.6) is 0 Å². The lowest BCUT2D eigenvalue weighted by molar-refractivity contribution is -0.385. The molecule has 0 bridgehead atoms. The van der Waals surface area contributed by atoms with E-state index in [4.69, 9.17) is 61.6 Å². The minimum atomic E-state index is -2.34. The molecule has 0 aromatic heterocycles. The minimum absolute atomic E-state index is 0.774. The molecule has 0 spiro atoms. The summed E-state index contributed by atoms with van der Waals surface area (Å²) in [5.74, 6) is -3.33. The highest BCUT2D eigenvalue weighted by Crippen LogP contribution is 2.37. The van der Waals surface area contributed by atoms with Crippen molar-refractivity contribution < 1.29 is 178 Å². The van der Waals surface area contributed by atoms with Crippen LogP contribution in [0.25, 0.3) is 0 Å². The molecule has 0 aromatic carbocycles. The summed E-state index contributed by atoms with van der Waals surface area (Å²) in [6, 6.07) is -6.94. The average Bonchev–Trinajstić information content (AvgIpc) is 0.813. The van der Waals surface area contributed by atoms with Gasteiger partial charge in [0.05, 0.1) is 46.2 Å². The minimum Gasteiger partial charge on any atom is -0.394 e. The number of carbonyl (C=O) groups is 4. The quantitative estimate of drug-likeness (QED) is 0.0452. The van der Waals surface area contributed by atoms with Crippen molar-refractivity contribution in [3.63, 3.8) is 0 Å². The van der Waals surface area contributed by atoms with Crippen LogP contribution < -0.4 is 21.3 Å². The van der Waals surface area contributed by atoms with Crippen molar-refractivity contribution in [2.75, 3.05) is 46.2 Å². The summed E-state index contributed by atoms with van der Waals surface area (Å²) in [5, 5.41) is 217. The zero-order valence-corrected chi connectivity index (χ0v) is 48.6. The second-order valence-electron chi connectivity index (χ2n) is 22.5. The number of hydrogen-bond donors (Lipinski definition) is 23. The molecule has 40 nitrogen and oxygen atoms in total. The van der Waals surface area contributed by atoms with Gasteiger partial charge in [-0.2, -0.15) is 0 Å². The molecule has 0 aliphatic carbocycles. The van der Waals surface area contributed by atoms with E-state index in [0.717, 1.165) is 27.7 Å². The van der Waals surface area contributed by atoms with Gasteiger partial charge in [0, 0.05) is 27.7 Å². The first kappa shape index (κ1) is 74.0. The lowest BCUT2D eigenvalue weighted by Crippen LogP contribution is -2.70. The second kappa shape index (κ2) is 32.4. The van der Waals surface area contributed by atoms with Crippen LogP contribution >= 0.6 is 0 Å². The van der Waals surface area contributed by atoms with E-state index in [2.05, 4.69) is 21.3 Å². The summed E-state index contributed by atoms with van der Waals surface area (Å²) >= 11 is 0. The van der Waals surface area contributed by atoms with E-state index in [0.29, 0.717) is 0 Å². The molecule has 4 amide bonds. The fraction of sp³-hybridized carbons (Fsp3) is 0.920. The van der Waals surface area contributed by atoms with Crippen LogP contribution in [0.3, 0.4) is 0 Å². The standard InChI is InChI=1S/C50H84N4O36/c1-12(61)51-23-32(70)39(19(8-58)79-44(23)77)87-50-38(76)43(30(68)22(85-50)11-78-45-25(53-14(3)63)33(71)40(20(9-59)83-45)86-48-36(74)35(73)28(66)17(6-56)81-48)90-47-26(54-15(4)64)34(72)41(21(10-60)84-47)88-49-37(75)42(29(67)18(7-57)82-49)89-46-24(52-13(2)62)31(69)27(65)16(5-55)80-46/h16-50,55-60,65-77H,5-11H2,1-4H3,(H,51,61)(H,52,62)(H,53,63)(H,54,64)/t16-,17-,18-,19-,20-,21-,22-,23-,24-,25-,26-,27-,28+,29+,30+,31-,32-,33-,34-,35+,36-,37-,38-,39-,40-,41-,42+,43+,44?,45-,46+,47+,48+,49+,50+/m1/s1. The van der Waals surface area contributed by atoms with Gasteiger partial charge < -0.3 is 180 Å². The van der Waals surface area contributed by atoms with Crippen molar-refractivity contribution in [1.82, 2.24) is 21.3 Å². The molecule has 7 heterocycles. The Hall–Kier alpha value is -3.40. The zero-order valence-electron chi connectivity index (χ0n) is 48.6. The van der Waals surface area contributed by atoms with Crippen LogP contribution in [0.1, 0.15) is 27.7 Å². The molecule has 7 aliphatic heterocycles. The van der Waals surface area contributed by atoms with Crippen molar-refractivity contribution in [2.45, 2.75) is 242 Å². The molecule has 520 valence electrons. The van der Waals surface area contributed by atoms with E-state index in [1.807, 2.05) is 0 Å². The van der Waals surface area contributed by atoms with Gasteiger partial charge in [-0.05, 0) is 0 Å². The summed E-state index contributed by atoms with van der Waals surface area (Å²) in [5.41, 5.74) is 0. The highest BCUT2D eigenvalue weighted by molar-refractivity contribution is 5.74. The number of carbonyl (C=O) groups excluding carboxylic acids is 4. The third kappa shape index (κ3) is 16.4. The van der Waals surface area contributed by atoms with E-state index in [9.17, 15) is 116 Å². The van der Waals surface area contributed by atoms with Crippen molar-refractivity contribution in [1.29, 1.82) is 0 Å². The second-order valence-corrected chi connectivity index (χ2v) is 22.5. The maximum absolute atomic E-state index is 12.9. The van der Waals surface area contributed by atoms with Crippen molar-refractivity contribution in [2.24, 2.45) is 0 Å². The lowest BCUT2D eigenvalue weighted by Gasteiger charge is -2.51. The fourth-order valence-electron chi connectivity index (χ4n) is 11.5. The first-order chi connectivity index (χ1) is 42.5. The normalized spacial score (nSPS) is 47.6. The predicted molar refractivity (Wildman–Crippen MR) is 278 cm³/mol. The molecule has 0 radical (unpaired) electrons. The molecule has 7 rings (SSSR count). The maximum atomic E-state index is 12.9. The van der Waals surface area contributed by atoms with Crippen LogP contribution in [-0.4, -0.2) is 382 Å². The molecule has 0 aromatic rings. The third-order valence-electron chi connectivity index (χ3n) is 16.1. The molecule has 90 heavy (non-hydrogen) atoms. The van der Waals surface area contributed by atoms with E-state index in [1.54, 1.807) is 0 Å². The first-order valence-electron chi connectivity index (χ1n) is 28.6. The Kier molecular flexibility index (Phi) is 26.6. The molecule has 7 aliphatic rings. The van der Waals surface area contributed by atoms with Crippen molar-refractivity contribution in [3.05, 3.63) is 0 Å². The Balaban J connectivity index is 1.17. The average molecular weight is 1320 g/mol. The molecule has 1 unspecified atom stereocenters. The van der Waals surface area contributed by atoms with Gasteiger partial charge in [0.1, 0.15) is 171 Å². The largest absolute Gasteiger partial charge is 0.394 e. The van der Waals surface area contributed by atoms with Crippen molar-refractivity contribution >= 4 is 23.6 Å². The highest BCUT2D eigenvalue weighted by Gasteiger charge is 2.59. The van der Waals surface area contributed by atoms with E-state index in [1.165, 1.54) is 0 Å². The Labute approximate surface area is 510 Å². The number of ether oxygens (including phenoxy) is 13. The van der Waals surface area contributed by atoms with Crippen LogP contribution in [0.4, 0.5) is 0 Å². The number of rotatable bonds is 23. The van der Waals surface area contributed by atoms with E-state index < -0.39 is 285 Å². The summed E-state index contributed by atoms with van der Waals surface area (Å²) in [6.07, 6.45) is -60.2. The molecular formula is C50H84N4O36. The summed E-state index contributed by atoms with van der Waals surface area (Å²) in [6.45, 7) is -2.93. The summed E-state index contributed by atoms with van der Waals surface area (Å²) in [7, 11) is 0. The topological polar surface area (TPSA) is 621 Å². The van der Waals surface area contributed by atoms with Gasteiger partial charge in [-0.15, -0.1) is 0 Å². The van der Waals surface area contributed by atoms with Crippen LogP contribution in [0.2, 0.25) is 0 Å². The van der Waals surface area contributed by atoms with Gasteiger partial charge in [-0.25, -0.2) is 0 Å². The predicted octanol–water partition coefficient (Wildman–Crippen LogP) is -15.7. The van der Waals surface area contributed by atoms with Gasteiger partial charge in [0.15, 0.2) is 44.0 Å². The Morgan fingerprint density at radius 3 is 1.00 bits per heavy atom. The monoisotopic (exact) mass is 1320 g/mol. The number of nitrogens with one attached hydrogen (secondary N) is 4. The van der Waals surface area contributed by atoms with E-state index >= 15 is 0 Å². The number of hydrogen-bond acceptors (Lipinski definition) is 36. The smallest absolute Gasteiger partial charge is 0.217 e. The van der Waals surface area contributed by atoms with Gasteiger partial charge in [0.25, 0.3) is 0 Å². The van der Waals surface area contributed by atoms with Crippen molar-refractivity contribution in [3.8, 4) is 0 Å². The number of aliphatic hydroxyl groups is 19. The van der Waals surface area contributed by atoms with Crippen LogP contribution in [0.15, 0.2) is 0 Å². The molecule has 40 heteroatoms. The number of amides is 4. The number of aliphatic hydroxyl groups excluding tert-OH is 19. The molecule has 7 saturated heterocycles. The molecule has 0 saturated carbocycles. The Morgan fingerprint density at radius 1 is 0.289 bits per heavy atom. The molecular weight excluding hydrogens is 1230 g/mol.